The van der Waals surface area contributed by atoms with Gasteiger partial charge in [0, 0.05) is 17.6 Å². The number of unbranched alkanes of at least 4 members (excludes halogenated alkanes) is 1. The van der Waals surface area contributed by atoms with E-state index < -0.39 is 0 Å². The average Bonchev–Trinajstić information content (AvgIpc) is 2.47. The van der Waals surface area contributed by atoms with Crippen molar-refractivity contribution < 1.29 is 0 Å². The largest absolute Gasteiger partial charge is 0.367 e. The summed E-state index contributed by atoms with van der Waals surface area (Å²) in [5, 5.41) is 0. The molecule has 1 heterocycles. The third-order valence-electron chi connectivity index (χ3n) is 2.22. The van der Waals surface area contributed by atoms with Crippen LogP contribution in [0, 0.1) is 5.41 Å². The average molecular weight is 199 g/mol. The maximum atomic E-state index is 2.44. The molecule has 0 bridgehead atoms. The lowest BCUT2D eigenvalue weighted by molar-refractivity contribution is 0.424. The van der Waals surface area contributed by atoms with E-state index in [9.17, 15) is 0 Å². The topological polar surface area (TPSA) is 3.24 Å². The molecule has 1 nitrogen and oxygen atoms in total. The van der Waals surface area contributed by atoms with Crippen LogP contribution in [0.4, 0.5) is 0 Å². The molecular formula is C11H21NS. The van der Waals surface area contributed by atoms with Crippen LogP contribution >= 0.6 is 11.8 Å². The molecule has 0 aromatic rings. The Labute approximate surface area is 86.6 Å². The first-order valence-electron chi connectivity index (χ1n) is 5.13. The van der Waals surface area contributed by atoms with Gasteiger partial charge in [0.25, 0.3) is 0 Å². The van der Waals surface area contributed by atoms with Crippen molar-refractivity contribution in [2.45, 2.75) is 40.5 Å². The summed E-state index contributed by atoms with van der Waals surface area (Å²) in [4.78, 5) is 3.97. The van der Waals surface area contributed by atoms with Gasteiger partial charge in [-0.05, 0) is 11.8 Å². The number of hydrogen-bond donors (Lipinski definition) is 0. The van der Waals surface area contributed by atoms with Gasteiger partial charge in [-0.25, -0.2) is 0 Å². The fourth-order valence-electron chi connectivity index (χ4n) is 1.29. The van der Waals surface area contributed by atoms with Crippen molar-refractivity contribution in [1.82, 2.24) is 4.90 Å². The molecule has 76 valence electrons. The minimum atomic E-state index is 0.339. The number of hydrogen-bond acceptors (Lipinski definition) is 2. The lowest BCUT2D eigenvalue weighted by Crippen LogP contribution is -2.14. The molecule has 1 aliphatic heterocycles. The zero-order valence-electron chi connectivity index (χ0n) is 9.26. The summed E-state index contributed by atoms with van der Waals surface area (Å²) in [6.45, 7) is 10.3. The maximum Gasteiger partial charge on any atom is 0.0678 e. The van der Waals surface area contributed by atoms with E-state index in [2.05, 4.69) is 38.8 Å². The second-order valence-electron chi connectivity index (χ2n) is 4.68. The van der Waals surface area contributed by atoms with E-state index in [4.69, 9.17) is 0 Å². The molecule has 0 saturated heterocycles. The minimum Gasteiger partial charge on any atom is -0.367 e. The van der Waals surface area contributed by atoms with Crippen LogP contribution in [-0.2, 0) is 0 Å². The summed E-state index contributed by atoms with van der Waals surface area (Å²) in [6, 6.07) is 0. The van der Waals surface area contributed by atoms with Crippen LogP contribution in [0.3, 0.4) is 0 Å². The van der Waals surface area contributed by atoms with Gasteiger partial charge in [0.2, 0.25) is 0 Å². The van der Waals surface area contributed by atoms with Gasteiger partial charge in [0.15, 0.2) is 0 Å². The van der Waals surface area contributed by atoms with Crippen molar-refractivity contribution in [3.8, 4) is 0 Å². The van der Waals surface area contributed by atoms with E-state index in [1.165, 1.54) is 24.3 Å². The Kier molecular flexibility index (Phi) is 3.72. The Balaban J connectivity index is 2.44. The van der Waals surface area contributed by atoms with Gasteiger partial charge in [-0.15, -0.1) is 11.8 Å². The molecule has 1 rings (SSSR count). The quantitative estimate of drug-likeness (QED) is 0.682. The number of allylic oxidation sites excluding steroid dienone is 1. The van der Waals surface area contributed by atoms with Crippen molar-refractivity contribution in [1.29, 1.82) is 0 Å². The molecule has 0 unspecified atom stereocenters. The molecule has 0 atom stereocenters. The van der Waals surface area contributed by atoms with E-state index in [0.29, 0.717) is 5.41 Å². The number of thioether (sulfide) groups is 1. The maximum absolute atomic E-state index is 2.44. The third-order valence-corrected chi connectivity index (χ3v) is 3.71. The van der Waals surface area contributed by atoms with Crippen molar-refractivity contribution in [2.24, 2.45) is 5.41 Å². The van der Waals surface area contributed by atoms with E-state index in [0.717, 1.165) is 5.88 Å². The molecule has 2 heteroatoms. The smallest absolute Gasteiger partial charge is 0.0678 e. The summed E-state index contributed by atoms with van der Waals surface area (Å²) >= 11 is 1.99. The van der Waals surface area contributed by atoms with Crippen LogP contribution in [0.1, 0.15) is 40.5 Å². The van der Waals surface area contributed by atoms with E-state index in [-0.39, 0.29) is 0 Å². The Morgan fingerprint density at radius 2 is 2.15 bits per heavy atom. The molecule has 0 spiro atoms. The van der Waals surface area contributed by atoms with Crippen LogP contribution in [-0.4, -0.2) is 17.3 Å². The van der Waals surface area contributed by atoms with Gasteiger partial charge >= 0.3 is 0 Å². The van der Waals surface area contributed by atoms with Gasteiger partial charge < -0.3 is 4.90 Å². The zero-order chi connectivity index (χ0) is 9.90. The summed E-state index contributed by atoms with van der Waals surface area (Å²) < 4.78 is 0. The molecule has 0 saturated carbocycles. The molecule has 0 fully saturated rings. The molecule has 0 aromatic heterocycles. The SMILES string of the molecule is CCCCN1C=C(C(C)(C)C)SC1. The summed E-state index contributed by atoms with van der Waals surface area (Å²) in [7, 11) is 0. The lowest BCUT2D eigenvalue weighted by Gasteiger charge is -2.18. The molecule has 0 N–H and O–H groups in total. The van der Waals surface area contributed by atoms with Gasteiger partial charge in [-0.1, -0.05) is 34.1 Å². The van der Waals surface area contributed by atoms with Crippen molar-refractivity contribution in [3.63, 3.8) is 0 Å². The monoisotopic (exact) mass is 199 g/mol. The van der Waals surface area contributed by atoms with Gasteiger partial charge in [-0.2, -0.15) is 0 Å². The molecular weight excluding hydrogens is 178 g/mol. The summed E-state index contributed by atoms with van der Waals surface area (Å²) in [6.07, 6.45) is 4.95. The highest BCUT2D eigenvalue weighted by Crippen LogP contribution is 2.39. The Hall–Kier alpha value is -0.110. The van der Waals surface area contributed by atoms with Crippen LogP contribution in [0.25, 0.3) is 0 Å². The third kappa shape index (κ3) is 3.26. The fraction of sp³-hybridized carbons (Fsp3) is 0.818. The summed E-state index contributed by atoms with van der Waals surface area (Å²) in [5.41, 5.74) is 0.339. The minimum absolute atomic E-state index is 0.339. The van der Waals surface area contributed by atoms with Crippen molar-refractivity contribution in [2.75, 3.05) is 12.4 Å². The number of rotatable bonds is 3. The predicted octanol–water partition coefficient (Wildman–Crippen LogP) is 3.68. The molecule has 0 amide bonds. The van der Waals surface area contributed by atoms with Crippen LogP contribution in [0.2, 0.25) is 0 Å². The second kappa shape index (κ2) is 4.41. The van der Waals surface area contributed by atoms with E-state index in [1.54, 1.807) is 0 Å². The standard InChI is InChI=1S/C11H21NS/c1-5-6-7-12-8-10(13-9-12)11(2,3)4/h8H,5-7,9H2,1-4H3. The Morgan fingerprint density at radius 3 is 2.62 bits per heavy atom. The Bertz CT molecular complexity index is 191. The highest BCUT2D eigenvalue weighted by atomic mass is 32.2. The first kappa shape index (κ1) is 11.0. The van der Waals surface area contributed by atoms with Gasteiger partial charge in [0.1, 0.15) is 0 Å². The second-order valence-corrected chi connectivity index (χ2v) is 5.67. The fourth-order valence-corrected chi connectivity index (χ4v) is 2.46. The zero-order valence-corrected chi connectivity index (χ0v) is 10.1. The van der Waals surface area contributed by atoms with Crippen LogP contribution in [0.15, 0.2) is 11.1 Å². The molecule has 0 radical (unpaired) electrons. The summed E-state index contributed by atoms with van der Waals surface area (Å²) in [5.74, 6) is 1.16. The van der Waals surface area contributed by atoms with Crippen LogP contribution in [0.5, 0.6) is 0 Å². The Morgan fingerprint density at radius 1 is 1.46 bits per heavy atom. The number of nitrogens with zero attached hydrogens (tertiary/aromatic N) is 1. The normalized spacial score (nSPS) is 17.8. The lowest BCUT2D eigenvalue weighted by atomic mass is 9.96. The highest BCUT2D eigenvalue weighted by Gasteiger charge is 2.23. The van der Waals surface area contributed by atoms with Gasteiger partial charge in [0.05, 0.1) is 5.88 Å². The van der Waals surface area contributed by atoms with Crippen molar-refractivity contribution in [3.05, 3.63) is 11.1 Å². The van der Waals surface area contributed by atoms with Crippen molar-refractivity contribution >= 4 is 11.8 Å². The molecule has 13 heavy (non-hydrogen) atoms. The first-order chi connectivity index (χ1) is 6.04. The molecule has 0 aromatic carbocycles. The molecule has 1 aliphatic rings. The van der Waals surface area contributed by atoms with E-state index >= 15 is 0 Å². The molecule has 0 aliphatic carbocycles. The highest BCUT2D eigenvalue weighted by molar-refractivity contribution is 8.03. The van der Waals surface area contributed by atoms with Crippen LogP contribution < -0.4 is 0 Å². The predicted molar refractivity (Wildman–Crippen MR) is 61.6 cm³/mol. The van der Waals surface area contributed by atoms with Gasteiger partial charge in [-0.3, -0.25) is 0 Å². The first-order valence-corrected chi connectivity index (χ1v) is 6.11. The van der Waals surface area contributed by atoms with E-state index in [1.807, 2.05) is 11.8 Å².